The fourth-order valence-corrected chi connectivity index (χ4v) is 1.69. The van der Waals surface area contributed by atoms with Crippen molar-refractivity contribution in [3.63, 3.8) is 0 Å². The highest BCUT2D eigenvalue weighted by atomic mass is 16.2. The predicted molar refractivity (Wildman–Crippen MR) is 60.1 cm³/mol. The Kier molecular flexibility index (Phi) is 2.87. The minimum absolute atomic E-state index is 0.0785. The van der Waals surface area contributed by atoms with Crippen LogP contribution >= 0.6 is 0 Å². The molecule has 0 aliphatic carbocycles. The average molecular weight is 219 g/mol. The third-order valence-corrected chi connectivity index (χ3v) is 2.39. The SMILES string of the molecule is CNCc1cccc(N2C(=O)CNC2=O)c1. The zero-order valence-corrected chi connectivity index (χ0v) is 8.99. The Morgan fingerprint density at radius 1 is 1.44 bits per heavy atom. The summed E-state index contributed by atoms with van der Waals surface area (Å²) < 4.78 is 0. The molecule has 5 heteroatoms. The number of urea groups is 1. The Balaban J connectivity index is 2.29. The summed E-state index contributed by atoms with van der Waals surface area (Å²) in [6.07, 6.45) is 0. The Hall–Kier alpha value is -1.88. The maximum absolute atomic E-state index is 11.5. The van der Waals surface area contributed by atoms with Crippen molar-refractivity contribution in [2.24, 2.45) is 0 Å². The third-order valence-electron chi connectivity index (χ3n) is 2.39. The number of amides is 3. The lowest BCUT2D eigenvalue weighted by Crippen LogP contribution is -2.30. The molecule has 84 valence electrons. The second kappa shape index (κ2) is 4.32. The molecule has 1 aromatic rings. The van der Waals surface area contributed by atoms with Gasteiger partial charge in [0.2, 0.25) is 0 Å². The molecule has 1 fully saturated rings. The Morgan fingerprint density at radius 3 is 2.88 bits per heavy atom. The summed E-state index contributed by atoms with van der Waals surface area (Å²) >= 11 is 0. The molecule has 0 radical (unpaired) electrons. The molecular weight excluding hydrogens is 206 g/mol. The van der Waals surface area contributed by atoms with Gasteiger partial charge in [-0.2, -0.15) is 0 Å². The zero-order valence-electron chi connectivity index (χ0n) is 8.99. The van der Waals surface area contributed by atoms with Crippen LogP contribution < -0.4 is 15.5 Å². The Labute approximate surface area is 93.4 Å². The van der Waals surface area contributed by atoms with Crippen LogP contribution in [0.1, 0.15) is 5.56 Å². The van der Waals surface area contributed by atoms with Crippen molar-refractivity contribution >= 4 is 17.6 Å². The van der Waals surface area contributed by atoms with E-state index in [-0.39, 0.29) is 18.5 Å². The third kappa shape index (κ3) is 1.90. The minimum Gasteiger partial charge on any atom is -0.328 e. The highest BCUT2D eigenvalue weighted by Crippen LogP contribution is 2.18. The molecule has 1 saturated heterocycles. The molecule has 0 saturated carbocycles. The van der Waals surface area contributed by atoms with Gasteiger partial charge in [0, 0.05) is 6.54 Å². The van der Waals surface area contributed by atoms with Gasteiger partial charge in [-0.15, -0.1) is 0 Å². The van der Waals surface area contributed by atoms with Gasteiger partial charge in [-0.1, -0.05) is 12.1 Å². The van der Waals surface area contributed by atoms with E-state index in [1.807, 2.05) is 25.2 Å². The van der Waals surface area contributed by atoms with Crippen LogP contribution in [-0.4, -0.2) is 25.5 Å². The summed E-state index contributed by atoms with van der Waals surface area (Å²) in [4.78, 5) is 24.1. The van der Waals surface area contributed by atoms with Crippen LogP contribution in [0, 0.1) is 0 Å². The molecule has 0 bridgehead atoms. The molecule has 2 N–H and O–H groups in total. The van der Waals surface area contributed by atoms with E-state index in [9.17, 15) is 9.59 Å². The van der Waals surface area contributed by atoms with Gasteiger partial charge in [-0.25, -0.2) is 9.69 Å². The van der Waals surface area contributed by atoms with Gasteiger partial charge < -0.3 is 10.6 Å². The summed E-state index contributed by atoms with van der Waals surface area (Å²) in [5.41, 5.74) is 1.65. The lowest BCUT2D eigenvalue weighted by atomic mass is 10.2. The Morgan fingerprint density at radius 2 is 2.25 bits per heavy atom. The average Bonchev–Trinajstić information content (AvgIpc) is 2.59. The van der Waals surface area contributed by atoms with Gasteiger partial charge in [-0.3, -0.25) is 4.79 Å². The van der Waals surface area contributed by atoms with E-state index < -0.39 is 0 Å². The highest BCUT2D eigenvalue weighted by molar-refractivity contribution is 6.19. The molecule has 1 aromatic carbocycles. The molecule has 1 heterocycles. The van der Waals surface area contributed by atoms with Gasteiger partial charge in [0.15, 0.2) is 0 Å². The first-order valence-corrected chi connectivity index (χ1v) is 5.06. The fourth-order valence-electron chi connectivity index (χ4n) is 1.69. The van der Waals surface area contributed by atoms with Gasteiger partial charge >= 0.3 is 6.03 Å². The van der Waals surface area contributed by atoms with Crippen molar-refractivity contribution in [1.82, 2.24) is 10.6 Å². The molecule has 5 nitrogen and oxygen atoms in total. The van der Waals surface area contributed by atoms with Crippen LogP contribution in [0.4, 0.5) is 10.5 Å². The first-order valence-electron chi connectivity index (χ1n) is 5.06. The minimum atomic E-state index is -0.355. The summed E-state index contributed by atoms with van der Waals surface area (Å²) in [6, 6.07) is 7.01. The van der Waals surface area contributed by atoms with Crippen molar-refractivity contribution in [3.05, 3.63) is 29.8 Å². The lowest BCUT2D eigenvalue weighted by molar-refractivity contribution is -0.115. The van der Waals surface area contributed by atoms with E-state index >= 15 is 0 Å². The maximum atomic E-state index is 11.5. The molecule has 0 atom stereocenters. The summed E-state index contributed by atoms with van der Waals surface area (Å²) in [7, 11) is 1.85. The molecular formula is C11H13N3O2. The van der Waals surface area contributed by atoms with Gasteiger partial charge in [0.1, 0.15) is 0 Å². The number of imide groups is 1. The van der Waals surface area contributed by atoms with Crippen molar-refractivity contribution in [2.45, 2.75) is 6.54 Å². The first-order chi connectivity index (χ1) is 7.72. The van der Waals surface area contributed by atoms with Gasteiger partial charge in [0.25, 0.3) is 5.91 Å². The number of rotatable bonds is 3. The maximum Gasteiger partial charge on any atom is 0.329 e. The van der Waals surface area contributed by atoms with Crippen molar-refractivity contribution in [1.29, 1.82) is 0 Å². The number of benzene rings is 1. The van der Waals surface area contributed by atoms with Crippen molar-refractivity contribution in [2.75, 3.05) is 18.5 Å². The van der Waals surface area contributed by atoms with Crippen LogP contribution in [0.3, 0.4) is 0 Å². The topological polar surface area (TPSA) is 61.4 Å². The highest BCUT2D eigenvalue weighted by Gasteiger charge is 2.29. The molecule has 3 amide bonds. The van der Waals surface area contributed by atoms with E-state index in [2.05, 4.69) is 10.6 Å². The summed E-state index contributed by atoms with van der Waals surface area (Å²) in [5, 5.41) is 5.51. The number of hydrogen-bond donors (Lipinski definition) is 2. The quantitative estimate of drug-likeness (QED) is 0.726. The molecule has 0 unspecified atom stereocenters. The van der Waals surface area contributed by atoms with Crippen LogP contribution in [-0.2, 0) is 11.3 Å². The van der Waals surface area contributed by atoms with Crippen molar-refractivity contribution in [3.8, 4) is 0 Å². The second-order valence-electron chi connectivity index (χ2n) is 3.59. The number of carbonyl (C=O) groups excluding carboxylic acids is 2. The standard InChI is InChI=1S/C11H13N3O2/c1-12-6-8-3-2-4-9(5-8)14-10(15)7-13-11(14)16/h2-5,12H,6-7H2,1H3,(H,13,16). The number of carbonyl (C=O) groups is 2. The fraction of sp³-hybridized carbons (Fsp3) is 0.273. The van der Waals surface area contributed by atoms with E-state index in [1.54, 1.807) is 6.07 Å². The lowest BCUT2D eigenvalue weighted by Gasteiger charge is -2.13. The zero-order chi connectivity index (χ0) is 11.5. The number of hydrogen-bond acceptors (Lipinski definition) is 3. The van der Waals surface area contributed by atoms with Gasteiger partial charge in [0.05, 0.1) is 12.2 Å². The first kappa shape index (κ1) is 10.6. The molecule has 1 aliphatic rings. The smallest absolute Gasteiger partial charge is 0.328 e. The van der Waals surface area contributed by atoms with E-state index in [1.165, 1.54) is 4.90 Å². The van der Waals surface area contributed by atoms with Crippen molar-refractivity contribution < 1.29 is 9.59 Å². The van der Waals surface area contributed by atoms with Crippen LogP contribution in [0.15, 0.2) is 24.3 Å². The Bertz CT molecular complexity index is 415. The molecule has 0 aromatic heterocycles. The van der Waals surface area contributed by atoms with Crippen LogP contribution in [0.5, 0.6) is 0 Å². The van der Waals surface area contributed by atoms with Crippen LogP contribution in [0.25, 0.3) is 0 Å². The van der Waals surface area contributed by atoms with Crippen LogP contribution in [0.2, 0.25) is 0 Å². The number of nitrogens with zero attached hydrogens (tertiary/aromatic N) is 1. The molecule has 1 aliphatic heterocycles. The number of anilines is 1. The van der Waals surface area contributed by atoms with Gasteiger partial charge in [-0.05, 0) is 24.7 Å². The normalized spacial score (nSPS) is 15.4. The number of nitrogens with one attached hydrogen (secondary N) is 2. The van der Waals surface area contributed by atoms with E-state index in [4.69, 9.17) is 0 Å². The second-order valence-corrected chi connectivity index (χ2v) is 3.59. The molecule has 16 heavy (non-hydrogen) atoms. The summed E-state index contributed by atoms with van der Waals surface area (Å²) in [6.45, 7) is 0.784. The van der Waals surface area contributed by atoms with E-state index in [0.717, 1.165) is 5.56 Å². The molecule has 0 spiro atoms. The molecule has 2 rings (SSSR count). The van der Waals surface area contributed by atoms with E-state index in [0.29, 0.717) is 12.2 Å². The summed E-state index contributed by atoms with van der Waals surface area (Å²) in [5.74, 6) is -0.216. The largest absolute Gasteiger partial charge is 0.329 e. The predicted octanol–water partition coefficient (Wildman–Crippen LogP) is 0.462. The monoisotopic (exact) mass is 219 g/mol.